The van der Waals surface area contributed by atoms with E-state index in [-0.39, 0.29) is 30.4 Å². The molecule has 1 saturated heterocycles. The van der Waals surface area contributed by atoms with Gasteiger partial charge in [-0.15, -0.1) is 0 Å². The Bertz CT molecular complexity index is 1400. The number of aromatic nitrogens is 1. The van der Waals surface area contributed by atoms with Crippen molar-refractivity contribution in [2.24, 2.45) is 10.9 Å². The second-order valence-corrected chi connectivity index (χ2v) is 11.5. The third kappa shape index (κ3) is 5.10. The first-order valence-electron chi connectivity index (χ1n) is 10.7. The topological polar surface area (TPSA) is 98.0 Å². The number of hydrogen-bond acceptors (Lipinski definition) is 6. The van der Waals surface area contributed by atoms with Crippen molar-refractivity contribution in [3.63, 3.8) is 0 Å². The standard InChI is InChI=1S/C23H24ClN3O5S2/c1-15-3-8-19-20(13-15)33-23(27(19)14-21(28)32-2)25-22(29)16-9-11-26(12-10-16)34(30,31)18-6-4-17(24)5-7-18/h3-8,13,16H,9-12,14H2,1-2H3. The molecule has 0 N–H and O–H groups in total. The van der Waals surface area contributed by atoms with Gasteiger partial charge < -0.3 is 9.30 Å². The summed E-state index contributed by atoms with van der Waals surface area (Å²) in [5.74, 6) is -1.14. The number of carbonyl (C=O) groups is 2. The van der Waals surface area contributed by atoms with Crippen molar-refractivity contribution in [3.05, 3.63) is 57.9 Å². The summed E-state index contributed by atoms with van der Waals surface area (Å²) >= 11 is 7.20. The van der Waals surface area contributed by atoms with Gasteiger partial charge in [-0.25, -0.2) is 8.42 Å². The Morgan fingerprint density at radius 2 is 1.82 bits per heavy atom. The van der Waals surface area contributed by atoms with E-state index in [1.807, 2.05) is 25.1 Å². The van der Waals surface area contributed by atoms with Crippen LogP contribution in [0, 0.1) is 12.8 Å². The molecule has 0 aliphatic carbocycles. The quantitative estimate of drug-likeness (QED) is 0.479. The third-order valence-corrected chi connectivity index (χ3v) is 9.02. The summed E-state index contributed by atoms with van der Waals surface area (Å²) < 4.78 is 34.6. The Morgan fingerprint density at radius 1 is 1.15 bits per heavy atom. The van der Waals surface area contributed by atoms with Crippen LogP contribution in [-0.2, 0) is 30.9 Å². The molecule has 1 fully saturated rings. The number of nitrogens with zero attached hydrogens (tertiary/aromatic N) is 3. The smallest absolute Gasteiger partial charge is 0.325 e. The van der Waals surface area contributed by atoms with E-state index >= 15 is 0 Å². The van der Waals surface area contributed by atoms with Crippen molar-refractivity contribution in [1.82, 2.24) is 8.87 Å². The van der Waals surface area contributed by atoms with E-state index in [0.29, 0.717) is 22.7 Å². The zero-order chi connectivity index (χ0) is 24.5. The molecule has 0 radical (unpaired) electrons. The van der Waals surface area contributed by atoms with Gasteiger partial charge in [-0.2, -0.15) is 9.30 Å². The lowest BCUT2D eigenvalue weighted by Crippen LogP contribution is -2.40. The van der Waals surface area contributed by atoms with Crippen LogP contribution >= 0.6 is 22.9 Å². The predicted molar refractivity (Wildman–Crippen MR) is 130 cm³/mol. The number of hydrogen-bond donors (Lipinski definition) is 0. The van der Waals surface area contributed by atoms with Gasteiger partial charge in [-0.05, 0) is 61.7 Å². The van der Waals surface area contributed by atoms with Crippen LogP contribution in [0.4, 0.5) is 0 Å². The van der Waals surface area contributed by atoms with Gasteiger partial charge in [0.2, 0.25) is 10.0 Å². The average Bonchev–Trinajstić information content (AvgIpc) is 3.14. The molecule has 3 aromatic rings. The number of rotatable bonds is 5. The first kappa shape index (κ1) is 24.6. The molecule has 8 nitrogen and oxygen atoms in total. The average molecular weight is 522 g/mol. The molecular weight excluding hydrogens is 498 g/mol. The zero-order valence-electron chi connectivity index (χ0n) is 18.7. The first-order valence-corrected chi connectivity index (χ1v) is 13.3. The molecule has 2 heterocycles. The molecule has 0 unspecified atom stereocenters. The van der Waals surface area contributed by atoms with Gasteiger partial charge in [0.05, 0.1) is 22.2 Å². The Kier molecular flexibility index (Phi) is 7.22. The van der Waals surface area contributed by atoms with E-state index in [9.17, 15) is 18.0 Å². The van der Waals surface area contributed by atoms with Gasteiger partial charge in [0.15, 0.2) is 4.80 Å². The molecule has 0 saturated carbocycles. The molecular formula is C23H24ClN3O5S2. The molecule has 1 aliphatic heterocycles. The van der Waals surface area contributed by atoms with Crippen LogP contribution in [0.25, 0.3) is 10.2 Å². The van der Waals surface area contributed by atoms with Crippen LogP contribution in [-0.4, -0.2) is 49.4 Å². The minimum absolute atomic E-state index is 0.0521. The van der Waals surface area contributed by atoms with E-state index in [4.69, 9.17) is 16.3 Å². The molecule has 1 aliphatic rings. The Balaban J connectivity index is 1.54. The van der Waals surface area contributed by atoms with Crippen molar-refractivity contribution in [2.45, 2.75) is 31.2 Å². The van der Waals surface area contributed by atoms with Crippen LogP contribution in [0.5, 0.6) is 0 Å². The Hall–Kier alpha value is -2.53. The second kappa shape index (κ2) is 9.99. The van der Waals surface area contributed by atoms with Crippen LogP contribution in [0.3, 0.4) is 0 Å². The first-order chi connectivity index (χ1) is 16.2. The van der Waals surface area contributed by atoms with Gasteiger partial charge in [0.25, 0.3) is 5.91 Å². The molecule has 1 aromatic heterocycles. The molecule has 0 bridgehead atoms. The minimum atomic E-state index is -3.65. The zero-order valence-corrected chi connectivity index (χ0v) is 21.1. The molecule has 1 amide bonds. The lowest BCUT2D eigenvalue weighted by molar-refractivity contribution is -0.141. The SMILES string of the molecule is COC(=O)Cn1c(=NC(=O)C2CCN(S(=O)(=O)c3ccc(Cl)cc3)CC2)sc2cc(C)ccc21. The number of esters is 1. The van der Waals surface area contributed by atoms with E-state index in [2.05, 4.69) is 4.99 Å². The fraction of sp³-hybridized carbons (Fsp3) is 0.348. The molecule has 2 aromatic carbocycles. The second-order valence-electron chi connectivity index (χ2n) is 8.10. The molecule has 11 heteroatoms. The molecule has 34 heavy (non-hydrogen) atoms. The number of methoxy groups -OCH3 is 1. The fourth-order valence-corrected chi connectivity index (χ4v) is 6.63. The lowest BCUT2D eigenvalue weighted by atomic mass is 9.98. The number of aryl methyl sites for hydroxylation is 1. The fourth-order valence-electron chi connectivity index (χ4n) is 3.90. The van der Waals surface area contributed by atoms with Crippen molar-refractivity contribution in [3.8, 4) is 0 Å². The number of fused-ring (bicyclic) bond motifs is 1. The van der Waals surface area contributed by atoms with Crippen molar-refractivity contribution in [2.75, 3.05) is 20.2 Å². The maximum absolute atomic E-state index is 13.0. The third-order valence-electron chi connectivity index (χ3n) is 5.81. The molecule has 4 rings (SSSR count). The number of carbonyl (C=O) groups excluding carboxylic acids is 2. The maximum Gasteiger partial charge on any atom is 0.325 e. The van der Waals surface area contributed by atoms with Crippen LogP contribution < -0.4 is 4.80 Å². The minimum Gasteiger partial charge on any atom is -0.468 e. The van der Waals surface area contributed by atoms with Gasteiger partial charge >= 0.3 is 5.97 Å². The summed E-state index contributed by atoms with van der Waals surface area (Å²) in [6, 6.07) is 11.9. The highest BCUT2D eigenvalue weighted by Crippen LogP contribution is 2.26. The van der Waals surface area contributed by atoms with Crippen molar-refractivity contribution in [1.29, 1.82) is 0 Å². The van der Waals surface area contributed by atoms with E-state index in [1.54, 1.807) is 16.7 Å². The highest BCUT2D eigenvalue weighted by Gasteiger charge is 2.32. The van der Waals surface area contributed by atoms with Crippen LogP contribution in [0.1, 0.15) is 18.4 Å². The highest BCUT2D eigenvalue weighted by atomic mass is 35.5. The molecule has 0 atom stereocenters. The van der Waals surface area contributed by atoms with Crippen molar-refractivity contribution < 1.29 is 22.7 Å². The van der Waals surface area contributed by atoms with Gasteiger partial charge in [-0.1, -0.05) is 29.0 Å². The summed E-state index contributed by atoms with van der Waals surface area (Å²) in [5.41, 5.74) is 1.86. The summed E-state index contributed by atoms with van der Waals surface area (Å²) in [4.78, 5) is 29.9. The summed E-state index contributed by atoms with van der Waals surface area (Å²) in [6.07, 6.45) is 0.742. The molecule has 180 valence electrons. The normalized spacial score (nSPS) is 16.1. The Labute approximate surface area is 206 Å². The van der Waals surface area contributed by atoms with Gasteiger partial charge in [-0.3, -0.25) is 9.59 Å². The lowest BCUT2D eigenvalue weighted by Gasteiger charge is -2.29. The summed E-state index contributed by atoms with van der Waals surface area (Å²) in [7, 11) is -2.34. The van der Waals surface area contributed by atoms with Crippen LogP contribution in [0.2, 0.25) is 5.02 Å². The monoisotopic (exact) mass is 521 g/mol. The number of sulfonamides is 1. The number of benzene rings is 2. The van der Waals surface area contributed by atoms with Crippen molar-refractivity contribution >= 4 is 55.1 Å². The van der Waals surface area contributed by atoms with E-state index in [1.165, 1.54) is 34.9 Å². The predicted octanol–water partition coefficient (Wildman–Crippen LogP) is 3.37. The van der Waals surface area contributed by atoms with E-state index in [0.717, 1.165) is 15.8 Å². The Morgan fingerprint density at radius 3 is 2.47 bits per heavy atom. The van der Waals surface area contributed by atoms with Gasteiger partial charge in [0, 0.05) is 24.0 Å². The van der Waals surface area contributed by atoms with Gasteiger partial charge in [0.1, 0.15) is 6.54 Å². The number of piperidine rings is 1. The highest BCUT2D eigenvalue weighted by molar-refractivity contribution is 7.89. The van der Waals surface area contributed by atoms with Crippen LogP contribution in [0.15, 0.2) is 52.4 Å². The summed E-state index contributed by atoms with van der Waals surface area (Å²) in [5, 5.41) is 0.464. The number of amides is 1. The maximum atomic E-state index is 13.0. The van der Waals surface area contributed by atoms with E-state index < -0.39 is 21.9 Å². The molecule has 0 spiro atoms. The largest absolute Gasteiger partial charge is 0.468 e. The number of thiazole rings is 1. The number of ether oxygens (including phenoxy) is 1. The number of halogens is 1. The summed E-state index contributed by atoms with van der Waals surface area (Å²) in [6.45, 7) is 2.37.